The standard InChI is InChI=1S/C7H3ClF3I/c1-2-4(9)6(11)3(8)7(12)5(2)10/h1H3. The van der Waals surface area contributed by atoms with Crippen molar-refractivity contribution in [3.8, 4) is 0 Å². The smallest absolute Gasteiger partial charge is 0.178 e. The van der Waals surface area contributed by atoms with Crippen LogP contribution in [0.1, 0.15) is 5.56 Å². The summed E-state index contributed by atoms with van der Waals surface area (Å²) in [6, 6.07) is 0. The average molecular weight is 306 g/mol. The van der Waals surface area contributed by atoms with Crippen LogP contribution in [0.5, 0.6) is 0 Å². The second kappa shape index (κ2) is 3.41. The highest BCUT2D eigenvalue weighted by atomic mass is 127. The van der Waals surface area contributed by atoms with Crippen LogP contribution in [0.25, 0.3) is 0 Å². The molecule has 0 N–H and O–H groups in total. The Morgan fingerprint density at radius 3 is 2.08 bits per heavy atom. The van der Waals surface area contributed by atoms with E-state index in [1.165, 1.54) is 22.6 Å². The lowest BCUT2D eigenvalue weighted by atomic mass is 10.2. The SMILES string of the molecule is Cc1c(F)c(F)c(Cl)c(I)c1F. The molecular formula is C7H3ClF3I. The number of hydrogen-bond donors (Lipinski definition) is 0. The zero-order valence-corrected chi connectivity index (χ0v) is 8.80. The van der Waals surface area contributed by atoms with Gasteiger partial charge in [0.2, 0.25) is 0 Å². The first-order valence-corrected chi connectivity index (χ1v) is 4.40. The van der Waals surface area contributed by atoms with Crippen molar-refractivity contribution in [3.63, 3.8) is 0 Å². The number of benzene rings is 1. The van der Waals surface area contributed by atoms with Crippen molar-refractivity contribution in [2.45, 2.75) is 6.92 Å². The summed E-state index contributed by atoms with van der Waals surface area (Å²) >= 11 is 6.82. The average Bonchev–Trinajstić information content (AvgIpc) is 2.08. The summed E-state index contributed by atoms with van der Waals surface area (Å²) in [5.41, 5.74) is -0.346. The van der Waals surface area contributed by atoms with E-state index in [1.807, 2.05) is 0 Å². The maximum absolute atomic E-state index is 12.9. The summed E-state index contributed by atoms with van der Waals surface area (Å²) in [6.45, 7) is 1.16. The van der Waals surface area contributed by atoms with Crippen molar-refractivity contribution in [1.29, 1.82) is 0 Å². The Morgan fingerprint density at radius 1 is 1.08 bits per heavy atom. The molecule has 0 bridgehead atoms. The third-order valence-corrected chi connectivity index (χ3v) is 3.12. The van der Waals surface area contributed by atoms with Crippen molar-refractivity contribution in [2.75, 3.05) is 0 Å². The highest BCUT2D eigenvalue weighted by Crippen LogP contribution is 2.29. The van der Waals surface area contributed by atoms with Gasteiger partial charge in [-0.05, 0) is 29.5 Å². The fourth-order valence-electron chi connectivity index (χ4n) is 0.715. The van der Waals surface area contributed by atoms with E-state index in [9.17, 15) is 13.2 Å². The summed E-state index contributed by atoms with van der Waals surface area (Å²) < 4.78 is 38.3. The minimum Gasteiger partial charge on any atom is -0.205 e. The van der Waals surface area contributed by atoms with E-state index in [0.717, 1.165) is 6.92 Å². The van der Waals surface area contributed by atoms with E-state index < -0.39 is 22.5 Å². The third kappa shape index (κ3) is 1.42. The van der Waals surface area contributed by atoms with Crippen LogP contribution in [-0.4, -0.2) is 0 Å². The van der Waals surface area contributed by atoms with Gasteiger partial charge in [-0.15, -0.1) is 0 Å². The Balaban J connectivity index is 3.60. The molecule has 12 heavy (non-hydrogen) atoms. The fraction of sp³-hybridized carbons (Fsp3) is 0.143. The minimum absolute atomic E-state index is 0.0920. The van der Waals surface area contributed by atoms with Gasteiger partial charge in [-0.25, -0.2) is 13.2 Å². The molecule has 0 aliphatic heterocycles. The first-order valence-electron chi connectivity index (χ1n) is 2.94. The molecule has 0 atom stereocenters. The molecule has 0 unspecified atom stereocenters. The van der Waals surface area contributed by atoms with Gasteiger partial charge >= 0.3 is 0 Å². The predicted octanol–water partition coefficient (Wildman–Crippen LogP) is 3.67. The van der Waals surface area contributed by atoms with Crippen LogP contribution in [0, 0.1) is 27.9 Å². The molecular weight excluding hydrogens is 303 g/mol. The molecule has 0 heterocycles. The van der Waals surface area contributed by atoms with Crippen LogP contribution in [0.3, 0.4) is 0 Å². The van der Waals surface area contributed by atoms with Gasteiger partial charge in [0.05, 0.1) is 8.59 Å². The number of rotatable bonds is 0. The van der Waals surface area contributed by atoms with Crippen LogP contribution in [0.4, 0.5) is 13.2 Å². The Hall–Kier alpha value is 0.0300. The zero-order chi connectivity index (χ0) is 9.46. The Labute approximate surface area is 85.9 Å². The van der Waals surface area contributed by atoms with Crippen molar-refractivity contribution in [3.05, 3.63) is 31.6 Å². The fourth-order valence-corrected chi connectivity index (χ4v) is 1.52. The molecule has 1 aromatic rings. The van der Waals surface area contributed by atoms with Crippen molar-refractivity contribution >= 4 is 34.2 Å². The minimum atomic E-state index is -1.22. The summed E-state index contributed by atoms with van der Waals surface area (Å²) in [4.78, 5) is 0. The first-order chi connectivity index (χ1) is 5.46. The largest absolute Gasteiger partial charge is 0.205 e. The molecule has 0 radical (unpaired) electrons. The van der Waals surface area contributed by atoms with Gasteiger partial charge in [0, 0.05) is 5.56 Å². The van der Waals surface area contributed by atoms with Gasteiger partial charge in [-0.2, -0.15) is 0 Å². The van der Waals surface area contributed by atoms with Crippen LogP contribution in [0.15, 0.2) is 0 Å². The Morgan fingerprint density at radius 2 is 1.58 bits per heavy atom. The molecule has 0 fully saturated rings. The summed E-state index contributed by atoms with van der Waals surface area (Å²) in [6.07, 6.45) is 0. The van der Waals surface area contributed by atoms with E-state index in [0.29, 0.717) is 0 Å². The van der Waals surface area contributed by atoms with Gasteiger partial charge in [0.15, 0.2) is 11.6 Å². The van der Waals surface area contributed by atoms with E-state index >= 15 is 0 Å². The van der Waals surface area contributed by atoms with E-state index in [-0.39, 0.29) is 9.13 Å². The van der Waals surface area contributed by atoms with Crippen molar-refractivity contribution in [2.24, 2.45) is 0 Å². The van der Waals surface area contributed by atoms with Gasteiger partial charge in [0.1, 0.15) is 5.82 Å². The molecule has 0 aliphatic carbocycles. The molecule has 0 amide bonds. The molecule has 66 valence electrons. The van der Waals surface area contributed by atoms with Crippen LogP contribution in [0.2, 0.25) is 5.02 Å². The number of halogens is 5. The second-order valence-corrected chi connectivity index (χ2v) is 3.65. The summed E-state index contributed by atoms with van der Waals surface area (Å²) in [5.74, 6) is -3.22. The molecule has 5 heteroatoms. The van der Waals surface area contributed by atoms with Crippen LogP contribution < -0.4 is 0 Å². The molecule has 0 aliphatic rings. The van der Waals surface area contributed by atoms with Crippen molar-refractivity contribution < 1.29 is 13.2 Å². The lowest BCUT2D eigenvalue weighted by Gasteiger charge is -2.04. The van der Waals surface area contributed by atoms with Crippen LogP contribution in [-0.2, 0) is 0 Å². The van der Waals surface area contributed by atoms with E-state index in [4.69, 9.17) is 11.6 Å². The molecule has 0 saturated heterocycles. The molecule has 1 rings (SSSR count). The van der Waals surface area contributed by atoms with E-state index in [2.05, 4.69) is 0 Å². The van der Waals surface area contributed by atoms with Gasteiger partial charge < -0.3 is 0 Å². The lowest BCUT2D eigenvalue weighted by molar-refractivity contribution is 0.484. The second-order valence-electron chi connectivity index (χ2n) is 2.19. The highest BCUT2D eigenvalue weighted by molar-refractivity contribution is 14.1. The lowest BCUT2D eigenvalue weighted by Crippen LogP contribution is -1.98. The summed E-state index contributed by atoms with van der Waals surface area (Å²) in [7, 11) is 0. The van der Waals surface area contributed by atoms with Crippen molar-refractivity contribution in [1.82, 2.24) is 0 Å². The first kappa shape index (κ1) is 10.1. The maximum Gasteiger partial charge on any atom is 0.178 e. The third-order valence-electron chi connectivity index (χ3n) is 1.43. The van der Waals surface area contributed by atoms with Crippen LogP contribution >= 0.6 is 34.2 Å². The summed E-state index contributed by atoms with van der Waals surface area (Å²) in [5, 5.41) is -0.504. The Kier molecular flexibility index (Phi) is 2.88. The maximum atomic E-state index is 12.9. The quantitative estimate of drug-likeness (QED) is 0.390. The molecule has 0 saturated carbocycles. The van der Waals surface area contributed by atoms with Gasteiger partial charge in [0.25, 0.3) is 0 Å². The van der Waals surface area contributed by atoms with Gasteiger partial charge in [-0.1, -0.05) is 11.6 Å². The topological polar surface area (TPSA) is 0 Å². The Bertz CT molecular complexity index is 233. The molecule has 0 nitrogen and oxygen atoms in total. The monoisotopic (exact) mass is 306 g/mol. The normalized spacial score (nSPS) is 10.5. The molecule has 0 spiro atoms. The predicted molar refractivity (Wildman–Crippen MR) is 48.8 cm³/mol. The molecule has 1 aromatic carbocycles. The van der Waals surface area contributed by atoms with Gasteiger partial charge in [-0.3, -0.25) is 0 Å². The highest BCUT2D eigenvalue weighted by Gasteiger charge is 2.19. The molecule has 0 aromatic heterocycles. The number of hydrogen-bond acceptors (Lipinski definition) is 0. The zero-order valence-electron chi connectivity index (χ0n) is 5.89. The van der Waals surface area contributed by atoms with E-state index in [1.54, 1.807) is 0 Å².